The van der Waals surface area contributed by atoms with Gasteiger partial charge in [-0.3, -0.25) is 9.48 Å². The Hall–Kier alpha value is -3.35. The van der Waals surface area contributed by atoms with E-state index in [1.54, 1.807) is 47.5 Å². The third-order valence-corrected chi connectivity index (χ3v) is 8.52. The molecule has 2 aromatic heterocycles. The fourth-order valence-electron chi connectivity index (χ4n) is 4.54. The highest BCUT2D eigenvalue weighted by Gasteiger charge is 2.26. The maximum atomic E-state index is 12.9. The summed E-state index contributed by atoms with van der Waals surface area (Å²) in [6.07, 6.45) is 8.39. The molecule has 0 atom stereocenters. The molecule has 0 saturated carbocycles. The van der Waals surface area contributed by atoms with Crippen molar-refractivity contribution < 1.29 is 17.9 Å². The van der Waals surface area contributed by atoms with Crippen LogP contribution in [0.4, 0.5) is 11.6 Å². The van der Waals surface area contributed by atoms with Gasteiger partial charge in [0.2, 0.25) is 21.9 Å². The van der Waals surface area contributed by atoms with Gasteiger partial charge in [0.15, 0.2) is 0 Å². The summed E-state index contributed by atoms with van der Waals surface area (Å²) >= 11 is 0. The molecule has 0 aliphatic carbocycles. The number of aromatic nitrogens is 4. The summed E-state index contributed by atoms with van der Waals surface area (Å²) in [4.78, 5) is 23.7. The second kappa shape index (κ2) is 11.0. The number of morpholine rings is 1. The highest BCUT2D eigenvalue weighted by molar-refractivity contribution is 7.89. The monoisotopic (exact) mass is 525 g/mol. The van der Waals surface area contributed by atoms with Crippen molar-refractivity contribution in [3.8, 4) is 11.3 Å². The van der Waals surface area contributed by atoms with Crippen LogP contribution in [0, 0.1) is 6.92 Å². The van der Waals surface area contributed by atoms with Gasteiger partial charge in [0, 0.05) is 44.1 Å². The van der Waals surface area contributed by atoms with Gasteiger partial charge in [-0.15, -0.1) is 0 Å². The number of anilines is 2. The SMILES string of the molecule is Cc1cnc(Nc2cnn(CC(=O)N3CCCCC3)c2)nc1-c1ccc(S(=O)(=O)N2CCOCC2)cc1. The number of amides is 1. The van der Waals surface area contributed by atoms with Crippen LogP contribution in [0.15, 0.2) is 47.8 Å². The first-order valence-electron chi connectivity index (χ1n) is 12.5. The zero-order valence-corrected chi connectivity index (χ0v) is 21.7. The molecule has 37 heavy (non-hydrogen) atoms. The number of carbonyl (C=O) groups is 1. The van der Waals surface area contributed by atoms with E-state index in [4.69, 9.17) is 4.74 Å². The molecule has 2 aliphatic heterocycles. The molecule has 0 bridgehead atoms. The molecule has 1 aromatic carbocycles. The van der Waals surface area contributed by atoms with Crippen molar-refractivity contribution in [1.82, 2.24) is 29.0 Å². The van der Waals surface area contributed by atoms with E-state index in [9.17, 15) is 13.2 Å². The highest BCUT2D eigenvalue weighted by Crippen LogP contribution is 2.26. The zero-order valence-electron chi connectivity index (χ0n) is 20.8. The Labute approximate surface area is 216 Å². The first kappa shape index (κ1) is 25.3. The van der Waals surface area contributed by atoms with E-state index in [0.29, 0.717) is 43.6 Å². The van der Waals surface area contributed by atoms with E-state index in [-0.39, 0.29) is 17.3 Å². The summed E-state index contributed by atoms with van der Waals surface area (Å²) in [5.74, 6) is 0.454. The Morgan fingerprint density at radius 3 is 2.49 bits per heavy atom. The van der Waals surface area contributed by atoms with E-state index in [1.807, 2.05) is 11.8 Å². The normalized spacial score (nSPS) is 17.1. The van der Waals surface area contributed by atoms with Crippen LogP contribution in [0.2, 0.25) is 0 Å². The number of nitrogens with zero attached hydrogens (tertiary/aromatic N) is 6. The van der Waals surface area contributed by atoms with Gasteiger partial charge in [-0.25, -0.2) is 18.4 Å². The molecule has 0 spiro atoms. The summed E-state index contributed by atoms with van der Waals surface area (Å²) in [6, 6.07) is 6.74. The highest BCUT2D eigenvalue weighted by atomic mass is 32.2. The van der Waals surface area contributed by atoms with Crippen LogP contribution in [-0.2, 0) is 26.1 Å². The number of hydrogen-bond donors (Lipinski definition) is 1. The van der Waals surface area contributed by atoms with E-state index in [2.05, 4.69) is 20.4 Å². The van der Waals surface area contributed by atoms with Crippen LogP contribution in [0.3, 0.4) is 0 Å². The lowest BCUT2D eigenvalue weighted by atomic mass is 10.1. The number of hydrogen-bond acceptors (Lipinski definition) is 8. The van der Waals surface area contributed by atoms with Crippen LogP contribution >= 0.6 is 0 Å². The molecule has 4 heterocycles. The molecule has 3 aromatic rings. The van der Waals surface area contributed by atoms with E-state index in [1.165, 1.54) is 10.7 Å². The number of likely N-dealkylation sites (tertiary alicyclic amines) is 1. The molecule has 12 heteroatoms. The number of ether oxygens (including phenoxy) is 1. The first-order chi connectivity index (χ1) is 17.9. The van der Waals surface area contributed by atoms with Gasteiger partial charge in [0.1, 0.15) is 6.54 Å². The lowest BCUT2D eigenvalue weighted by molar-refractivity contribution is -0.132. The molecule has 2 fully saturated rings. The van der Waals surface area contributed by atoms with Gasteiger partial charge in [0.05, 0.1) is 35.7 Å². The van der Waals surface area contributed by atoms with Crippen LogP contribution < -0.4 is 5.32 Å². The van der Waals surface area contributed by atoms with Gasteiger partial charge < -0.3 is 15.0 Å². The Morgan fingerprint density at radius 2 is 1.76 bits per heavy atom. The van der Waals surface area contributed by atoms with Crippen molar-refractivity contribution in [3.63, 3.8) is 0 Å². The second-order valence-electron chi connectivity index (χ2n) is 9.26. The molecule has 11 nitrogen and oxygen atoms in total. The van der Waals surface area contributed by atoms with Gasteiger partial charge in [-0.05, 0) is 43.9 Å². The summed E-state index contributed by atoms with van der Waals surface area (Å²) in [7, 11) is -3.56. The summed E-state index contributed by atoms with van der Waals surface area (Å²) in [5.41, 5.74) is 3.01. The van der Waals surface area contributed by atoms with Gasteiger partial charge >= 0.3 is 0 Å². The molecular weight excluding hydrogens is 494 g/mol. The number of nitrogens with one attached hydrogen (secondary N) is 1. The number of sulfonamides is 1. The Bertz CT molecular complexity index is 1350. The largest absolute Gasteiger partial charge is 0.379 e. The number of carbonyl (C=O) groups excluding carboxylic acids is 1. The average Bonchev–Trinajstić information content (AvgIpc) is 3.37. The molecular formula is C25H31N7O4S. The van der Waals surface area contributed by atoms with Crippen LogP contribution in [0.25, 0.3) is 11.3 Å². The standard InChI is InChI=1S/C25H31N7O4S/c1-19-15-26-25(28-21-16-27-31(17-21)18-23(33)30-9-3-2-4-10-30)29-24(19)20-5-7-22(8-6-20)37(34,35)32-11-13-36-14-12-32/h5-8,15-17H,2-4,9-14,18H2,1H3,(H,26,28,29). The maximum Gasteiger partial charge on any atom is 0.244 e. The Balaban J connectivity index is 1.27. The van der Waals surface area contributed by atoms with Crippen molar-refractivity contribution in [2.24, 2.45) is 0 Å². The predicted octanol–water partition coefficient (Wildman–Crippen LogP) is 2.43. The predicted molar refractivity (Wildman–Crippen MR) is 138 cm³/mol. The topological polar surface area (TPSA) is 123 Å². The third-order valence-electron chi connectivity index (χ3n) is 6.60. The molecule has 0 unspecified atom stereocenters. The van der Waals surface area contributed by atoms with E-state index in [0.717, 1.165) is 37.1 Å². The van der Waals surface area contributed by atoms with Crippen molar-refractivity contribution in [2.75, 3.05) is 44.7 Å². The van der Waals surface area contributed by atoms with Crippen molar-refractivity contribution >= 4 is 27.6 Å². The molecule has 2 saturated heterocycles. The lowest BCUT2D eigenvalue weighted by Crippen LogP contribution is -2.40. The number of rotatable bonds is 7. The zero-order chi connectivity index (χ0) is 25.8. The molecule has 0 radical (unpaired) electrons. The van der Waals surface area contributed by atoms with Gasteiger partial charge in [-0.1, -0.05) is 12.1 Å². The first-order valence-corrected chi connectivity index (χ1v) is 13.9. The Kier molecular flexibility index (Phi) is 7.49. The summed E-state index contributed by atoms with van der Waals surface area (Å²) < 4.78 is 34.2. The number of aryl methyl sites for hydroxylation is 1. The van der Waals surface area contributed by atoms with Crippen LogP contribution in [0.1, 0.15) is 24.8 Å². The summed E-state index contributed by atoms with van der Waals surface area (Å²) in [6.45, 7) is 5.24. The molecule has 1 amide bonds. The molecule has 5 rings (SSSR count). The minimum absolute atomic E-state index is 0.0716. The third kappa shape index (κ3) is 5.81. The lowest BCUT2D eigenvalue weighted by Gasteiger charge is -2.26. The van der Waals surface area contributed by atoms with Crippen LogP contribution in [-0.4, -0.2) is 82.7 Å². The minimum Gasteiger partial charge on any atom is -0.379 e. The van der Waals surface area contributed by atoms with Crippen molar-refractivity contribution in [3.05, 3.63) is 48.4 Å². The van der Waals surface area contributed by atoms with Gasteiger partial charge in [0.25, 0.3) is 0 Å². The van der Waals surface area contributed by atoms with E-state index < -0.39 is 10.0 Å². The fraction of sp³-hybridized carbons (Fsp3) is 0.440. The quantitative estimate of drug-likeness (QED) is 0.499. The smallest absolute Gasteiger partial charge is 0.244 e. The molecule has 2 aliphatic rings. The van der Waals surface area contributed by atoms with Crippen molar-refractivity contribution in [2.45, 2.75) is 37.6 Å². The van der Waals surface area contributed by atoms with Crippen molar-refractivity contribution in [1.29, 1.82) is 0 Å². The van der Waals surface area contributed by atoms with E-state index >= 15 is 0 Å². The van der Waals surface area contributed by atoms with Gasteiger partial charge in [-0.2, -0.15) is 9.40 Å². The fourth-order valence-corrected chi connectivity index (χ4v) is 5.95. The van der Waals surface area contributed by atoms with Crippen LogP contribution in [0.5, 0.6) is 0 Å². The molecule has 1 N–H and O–H groups in total. The average molecular weight is 526 g/mol. The minimum atomic E-state index is -3.56. The number of benzene rings is 1. The number of piperidine rings is 1. The second-order valence-corrected chi connectivity index (χ2v) is 11.2. The Morgan fingerprint density at radius 1 is 1.03 bits per heavy atom. The summed E-state index contributed by atoms with van der Waals surface area (Å²) in [5, 5.41) is 7.45. The molecule has 196 valence electrons. The maximum absolute atomic E-state index is 12.9.